The number of carbonyl (C=O) groups is 1. The average Bonchev–Trinajstić information content (AvgIpc) is 3.32. The number of hydrogen-bond donors (Lipinski definition) is 0. The number of carbonyl (C=O) groups excluding carboxylic acids is 1. The SMILES string of the molecule is CC(C)n1cnnc1C1CN(C(=O)c2ccc(OC(F)(F)F)cc2)CC12CCCCC2. The molecule has 1 unspecified atom stereocenters. The van der Waals surface area contributed by atoms with Gasteiger partial charge in [-0.15, -0.1) is 23.4 Å². The molecule has 1 atom stereocenters. The van der Waals surface area contributed by atoms with Gasteiger partial charge in [-0.05, 0) is 56.4 Å². The molecule has 1 spiro atoms. The van der Waals surface area contributed by atoms with Crippen LogP contribution in [0.2, 0.25) is 0 Å². The van der Waals surface area contributed by atoms with Crippen molar-refractivity contribution in [2.24, 2.45) is 5.41 Å². The minimum Gasteiger partial charge on any atom is -0.406 e. The Morgan fingerprint density at radius 2 is 1.84 bits per heavy atom. The predicted molar refractivity (Wildman–Crippen MR) is 108 cm³/mol. The first-order chi connectivity index (χ1) is 14.7. The summed E-state index contributed by atoms with van der Waals surface area (Å²) in [5.41, 5.74) is 0.318. The Bertz CT molecular complexity index is 918. The van der Waals surface area contributed by atoms with Crippen molar-refractivity contribution in [3.8, 4) is 5.75 Å². The molecule has 1 amide bonds. The Morgan fingerprint density at radius 3 is 2.45 bits per heavy atom. The molecule has 1 aromatic carbocycles. The van der Waals surface area contributed by atoms with Crippen LogP contribution in [0.1, 0.15) is 74.1 Å². The number of hydrogen-bond acceptors (Lipinski definition) is 4. The number of likely N-dealkylation sites (tertiary alicyclic amines) is 1. The van der Waals surface area contributed by atoms with Gasteiger partial charge in [0.2, 0.25) is 0 Å². The molecule has 2 fully saturated rings. The standard InChI is InChI=1S/C22H27F3N4O2/c1-15(2)29-14-26-27-19(29)18-12-28(13-21(18)10-4-3-5-11-21)20(30)16-6-8-17(9-7-16)31-22(23,24)25/h6-9,14-15,18H,3-5,10-13H2,1-2H3. The van der Waals surface area contributed by atoms with E-state index in [2.05, 4.69) is 33.3 Å². The van der Waals surface area contributed by atoms with Crippen LogP contribution in [0.3, 0.4) is 0 Å². The Morgan fingerprint density at radius 1 is 1.16 bits per heavy atom. The highest BCUT2D eigenvalue weighted by Crippen LogP contribution is 2.52. The van der Waals surface area contributed by atoms with Crippen molar-refractivity contribution in [1.29, 1.82) is 0 Å². The number of nitrogens with zero attached hydrogens (tertiary/aromatic N) is 4. The smallest absolute Gasteiger partial charge is 0.406 e. The summed E-state index contributed by atoms with van der Waals surface area (Å²) in [5, 5.41) is 8.57. The first kappa shape index (κ1) is 21.6. The van der Waals surface area contributed by atoms with Gasteiger partial charge >= 0.3 is 6.36 Å². The van der Waals surface area contributed by atoms with Gasteiger partial charge in [0.1, 0.15) is 17.9 Å². The zero-order valence-electron chi connectivity index (χ0n) is 17.7. The van der Waals surface area contributed by atoms with Crippen LogP contribution in [0.5, 0.6) is 5.75 Å². The van der Waals surface area contributed by atoms with E-state index in [1.807, 2.05) is 4.90 Å². The quantitative estimate of drug-likeness (QED) is 0.681. The Kier molecular flexibility index (Phi) is 5.70. The van der Waals surface area contributed by atoms with Crippen LogP contribution in [-0.2, 0) is 0 Å². The van der Waals surface area contributed by atoms with Gasteiger partial charge in [0.15, 0.2) is 0 Å². The molecule has 4 rings (SSSR count). The van der Waals surface area contributed by atoms with Gasteiger partial charge < -0.3 is 14.2 Å². The molecule has 0 radical (unpaired) electrons. The molecule has 6 nitrogen and oxygen atoms in total. The monoisotopic (exact) mass is 436 g/mol. The highest BCUT2D eigenvalue weighted by atomic mass is 19.4. The van der Waals surface area contributed by atoms with Crippen molar-refractivity contribution >= 4 is 5.91 Å². The molecule has 2 aromatic rings. The van der Waals surface area contributed by atoms with E-state index in [-0.39, 0.29) is 29.0 Å². The van der Waals surface area contributed by atoms with E-state index in [0.29, 0.717) is 18.7 Å². The molecule has 168 valence electrons. The van der Waals surface area contributed by atoms with Crippen LogP contribution in [0, 0.1) is 5.41 Å². The van der Waals surface area contributed by atoms with Gasteiger partial charge in [0.05, 0.1) is 0 Å². The van der Waals surface area contributed by atoms with Gasteiger partial charge in [-0.2, -0.15) is 0 Å². The van der Waals surface area contributed by atoms with E-state index in [4.69, 9.17) is 0 Å². The number of rotatable bonds is 4. The second kappa shape index (κ2) is 8.16. The van der Waals surface area contributed by atoms with Crippen LogP contribution in [0.4, 0.5) is 13.2 Å². The molecular weight excluding hydrogens is 409 g/mol. The molecule has 1 aliphatic carbocycles. The van der Waals surface area contributed by atoms with E-state index >= 15 is 0 Å². The molecule has 1 aromatic heterocycles. The third kappa shape index (κ3) is 4.41. The van der Waals surface area contributed by atoms with Gasteiger partial charge in [-0.25, -0.2) is 0 Å². The maximum atomic E-state index is 13.2. The lowest BCUT2D eigenvalue weighted by Gasteiger charge is -2.37. The van der Waals surface area contributed by atoms with E-state index in [1.54, 1.807) is 6.33 Å². The Labute approximate surface area is 179 Å². The number of aromatic nitrogens is 3. The van der Waals surface area contributed by atoms with Crippen LogP contribution in [0.15, 0.2) is 30.6 Å². The van der Waals surface area contributed by atoms with E-state index in [0.717, 1.165) is 31.5 Å². The normalized spacial score (nSPS) is 21.1. The molecule has 1 saturated heterocycles. The van der Waals surface area contributed by atoms with Crippen molar-refractivity contribution < 1.29 is 22.7 Å². The van der Waals surface area contributed by atoms with Crippen molar-refractivity contribution in [1.82, 2.24) is 19.7 Å². The van der Waals surface area contributed by atoms with Gasteiger partial charge in [0.25, 0.3) is 5.91 Å². The fourth-order valence-corrected chi connectivity index (χ4v) is 5.12. The largest absolute Gasteiger partial charge is 0.573 e. The third-order valence-electron chi connectivity index (χ3n) is 6.59. The first-order valence-electron chi connectivity index (χ1n) is 10.7. The maximum absolute atomic E-state index is 13.2. The molecule has 31 heavy (non-hydrogen) atoms. The van der Waals surface area contributed by atoms with Crippen LogP contribution in [0.25, 0.3) is 0 Å². The second-order valence-corrected chi connectivity index (χ2v) is 8.92. The van der Waals surface area contributed by atoms with Crippen molar-refractivity contribution in [2.75, 3.05) is 13.1 Å². The zero-order valence-corrected chi connectivity index (χ0v) is 17.7. The van der Waals surface area contributed by atoms with Crippen molar-refractivity contribution in [3.05, 3.63) is 42.0 Å². The minimum absolute atomic E-state index is 0.0348. The summed E-state index contributed by atoms with van der Waals surface area (Å²) >= 11 is 0. The van der Waals surface area contributed by atoms with Crippen LogP contribution >= 0.6 is 0 Å². The highest BCUT2D eigenvalue weighted by Gasteiger charge is 2.50. The fraction of sp³-hybridized carbons (Fsp3) is 0.591. The summed E-state index contributed by atoms with van der Waals surface area (Å²) < 4.78 is 43.2. The lowest BCUT2D eigenvalue weighted by atomic mass is 9.67. The lowest BCUT2D eigenvalue weighted by molar-refractivity contribution is -0.274. The molecule has 2 heterocycles. The van der Waals surface area contributed by atoms with Gasteiger partial charge in [0, 0.05) is 30.6 Å². The minimum atomic E-state index is -4.76. The second-order valence-electron chi connectivity index (χ2n) is 8.92. The molecule has 1 saturated carbocycles. The van der Waals surface area contributed by atoms with Crippen molar-refractivity contribution in [3.63, 3.8) is 0 Å². The number of amides is 1. The average molecular weight is 436 g/mol. The summed E-state index contributed by atoms with van der Waals surface area (Å²) in [7, 11) is 0. The van der Waals surface area contributed by atoms with Crippen molar-refractivity contribution in [2.45, 2.75) is 64.3 Å². The Hall–Kier alpha value is -2.58. The molecule has 2 aliphatic rings. The number of ether oxygens (including phenoxy) is 1. The van der Waals surface area contributed by atoms with Gasteiger partial charge in [-0.3, -0.25) is 4.79 Å². The van der Waals surface area contributed by atoms with Crippen LogP contribution in [-0.4, -0.2) is 45.0 Å². The molecule has 9 heteroatoms. The number of alkyl halides is 3. The fourth-order valence-electron chi connectivity index (χ4n) is 5.12. The number of halogens is 3. The molecule has 0 N–H and O–H groups in total. The molecule has 1 aliphatic heterocycles. The van der Waals surface area contributed by atoms with Crippen LogP contribution < -0.4 is 4.74 Å². The zero-order chi connectivity index (χ0) is 22.2. The maximum Gasteiger partial charge on any atom is 0.573 e. The highest BCUT2D eigenvalue weighted by molar-refractivity contribution is 5.94. The lowest BCUT2D eigenvalue weighted by Crippen LogP contribution is -2.34. The third-order valence-corrected chi connectivity index (χ3v) is 6.59. The molecular formula is C22H27F3N4O2. The predicted octanol–water partition coefficient (Wildman–Crippen LogP) is 4.95. The summed E-state index contributed by atoms with van der Waals surface area (Å²) in [5.74, 6) is 0.495. The first-order valence-corrected chi connectivity index (χ1v) is 10.7. The summed E-state index contributed by atoms with van der Waals surface area (Å²) in [6, 6.07) is 5.36. The summed E-state index contributed by atoms with van der Waals surface area (Å²) in [6.45, 7) is 5.33. The summed E-state index contributed by atoms with van der Waals surface area (Å²) in [6.07, 6.45) is 2.50. The number of benzene rings is 1. The summed E-state index contributed by atoms with van der Waals surface area (Å²) in [4.78, 5) is 15.1. The molecule has 0 bridgehead atoms. The van der Waals surface area contributed by atoms with E-state index in [1.165, 1.54) is 30.7 Å². The van der Waals surface area contributed by atoms with E-state index in [9.17, 15) is 18.0 Å². The Balaban J connectivity index is 1.58. The van der Waals surface area contributed by atoms with Gasteiger partial charge in [-0.1, -0.05) is 19.3 Å². The van der Waals surface area contributed by atoms with E-state index < -0.39 is 6.36 Å². The topological polar surface area (TPSA) is 60.2 Å².